The minimum absolute atomic E-state index is 0.126. The fourth-order valence-electron chi connectivity index (χ4n) is 4.36. The van der Waals surface area contributed by atoms with Crippen molar-refractivity contribution in [3.8, 4) is 17.2 Å². The Kier molecular flexibility index (Phi) is 5.25. The van der Waals surface area contributed by atoms with E-state index in [9.17, 15) is 9.59 Å². The molecule has 0 saturated heterocycles. The molecule has 178 valence electrons. The third kappa shape index (κ3) is 3.83. The van der Waals surface area contributed by atoms with Gasteiger partial charge in [-0.05, 0) is 54.8 Å². The Morgan fingerprint density at radius 3 is 2.86 bits per heavy atom. The van der Waals surface area contributed by atoms with E-state index in [1.165, 1.54) is 17.3 Å². The molecule has 0 bridgehead atoms. The lowest BCUT2D eigenvalue weighted by molar-refractivity contribution is -0.121. The van der Waals surface area contributed by atoms with E-state index in [1.807, 2.05) is 43.3 Å². The zero-order valence-corrected chi connectivity index (χ0v) is 20.1. The van der Waals surface area contributed by atoms with Crippen LogP contribution in [0.3, 0.4) is 0 Å². The zero-order chi connectivity index (χ0) is 24.1. The molecule has 1 atom stereocenters. The molecule has 2 aliphatic heterocycles. The van der Waals surface area contributed by atoms with Crippen LogP contribution in [-0.4, -0.2) is 37.8 Å². The quantitative estimate of drug-likeness (QED) is 0.430. The van der Waals surface area contributed by atoms with E-state index in [4.69, 9.17) is 14.5 Å². The van der Waals surface area contributed by atoms with E-state index >= 15 is 0 Å². The maximum absolute atomic E-state index is 13.4. The van der Waals surface area contributed by atoms with Crippen LogP contribution in [0, 0.1) is 13.8 Å². The van der Waals surface area contributed by atoms with Crippen LogP contribution in [0.2, 0.25) is 0 Å². The highest BCUT2D eigenvalue weighted by Gasteiger charge is 2.29. The minimum Gasteiger partial charge on any atom is -0.454 e. The molecule has 0 saturated carbocycles. The molecule has 1 amide bonds. The van der Waals surface area contributed by atoms with Crippen molar-refractivity contribution in [2.24, 2.45) is 0 Å². The number of fused-ring (bicyclic) bond motifs is 3. The number of thioether (sulfide) groups is 1. The highest BCUT2D eigenvalue weighted by Crippen LogP contribution is 2.34. The molecule has 1 N–H and O–H groups in total. The van der Waals surface area contributed by atoms with Gasteiger partial charge in [0.1, 0.15) is 5.39 Å². The summed E-state index contributed by atoms with van der Waals surface area (Å²) >= 11 is 1.49. The highest BCUT2D eigenvalue weighted by atomic mass is 32.2. The van der Waals surface area contributed by atoms with Gasteiger partial charge in [-0.3, -0.25) is 14.2 Å². The Hall–Kier alpha value is -3.79. The number of aryl methyl sites for hydroxylation is 2. The van der Waals surface area contributed by atoms with Gasteiger partial charge in [-0.1, -0.05) is 23.9 Å². The van der Waals surface area contributed by atoms with Crippen LogP contribution in [0.25, 0.3) is 16.7 Å². The molecule has 4 heterocycles. The molecule has 35 heavy (non-hydrogen) atoms. The number of hydrogen-bond donors (Lipinski definition) is 1. The predicted molar refractivity (Wildman–Crippen MR) is 131 cm³/mol. The number of amides is 1. The second kappa shape index (κ2) is 8.46. The Morgan fingerprint density at radius 1 is 1.14 bits per heavy atom. The summed E-state index contributed by atoms with van der Waals surface area (Å²) in [4.78, 5) is 30.8. The van der Waals surface area contributed by atoms with Crippen molar-refractivity contribution in [2.75, 3.05) is 12.5 Å². The number of aromatic nitrogens is 4. The van der Waals surface area contributed by atoms with Crippen LogP contribution in [0.1, 0.15) is 29.2 Å². The summed E-state index contributed by atoms with van der Waals surface area (Å²) in [6.45, 7) is 4.68. The van der Waals surface area contributed by atoms with Crippen molar-refractivity contribution in [1.82, 2.24) is 24.6 Å². The molecule has 10 heteroatoms. The van der Waals surface area contributed by atoms with E-state index in [2.05, 4.69) is 17.3 Å². The predicted octanol–water partition coefficient (Wildman–Crippen LogP) is 3.28. The van der Waals surface area contributed by atoms with E-state index < -0.39 is 0 Å². The SMILES string of the molecule is Cc1ccc(-n2ncc3c(=O)n4c(nc32)SCC4CC(=O)NCc2ccc3c(c2)OCO3)cc1C. The summed E-state index contributed by atoms with van der Waals surface area (Å²) in [5, 5.41) is 8.45. The van der Waals surface area contributed by atoms with E-state index in [0.717, 1.165) is 16.8 Å². The van der Waals surface area contributed by atoms with Gasteiger partial charge in [0.2, 0.25) is 12.7 Å². The van der Waals surface area contributed by atoms with Gasteiger partial charge < -0.3 is 14.8 Å². The van der Waals surface area contributed by atoms with Gasteiger partial charge >= 0.3 is 0 Å². The lowest BCUT2D eigenvalue weighted by Gasteiger charge is -2.14. The smallest absolute Gasteiger partial charge is 0.265 e. The molecular formula is C25H23N5O4S. The summed E-state index contributed by atoms with van der Waals surface area (Å²) in [5.41, 5.74) is 4.48. The van der Waals surface area contributed by atoms with Crippen LogP contribution in [-0.2, 0) is 11.3 Å². The van der Waals surface area contributed by atoms with Crippen molar-refractivity contribution in [1.29, 1.82) is 0 Å². The number of nitrogens with zero attached hydrogens (tertiary/aromatic N) is 4. The third-order valence-corrected chi connectivity index (χ3v) is 7.55. The molecule has 1 unspecified atom stereocenters. The number of benzene rings is 2. The first-order valence-corrected chi connectivity index (χ1v) is 12.3. The molecule has 0 aliphatic carbocycles. The number of hydrogen-bond acceptors (Lipinski definition) is 7. The molecule has 2 aliphatic rings. The summed E-state index contributed by atoms with van der Waals surface area (Å²) < 4.78 is 14.1. The van der Waals surface area contributed by atoms with Crippen LogP contribution in [0.4, 0.5) is 0 Å². The molecule has 0 spiro atoms. The lowest BCUT2D eigenvalue weighted by atomic mass is 10.1. The standard InChI is InChI=1S/C25H23N5O4S/c1-14-3-5-17(7-15(14)2)30-23-19(11-27-30)24(32)29-18(12-35-25(29)28-23)9-22(31)26-10-16-4-6-20-21(8-16)34-13-33-20/h3-8,11,18H,9-10,12-13H2,1-2H3,(H,26,31). The van der Waals surface area contributed by atoms with Crippen LogP contribution >= 0.6 is 11.8 Å². The minimum atomic E-state index is -0.263. The Morgan fingerprint density at radius 2 is 2.00 bits per heavy atom. The number of ether oxygens (including phenoxy) is 2. The van der Waals surface area contributed by atoms with Crippen molar-refractivity contribution >= 4 is 28.7 Å². The van der Waals surface area contributed by atoms with Gasteiger partial charge in [-0.15, -0.1) is 0 Å². The first kappa shape index (κ1) is 21.7. The number of nitrogens with one attached hydrogen (secondary N) is 1. The Labute approximate surface area is 205 Å². The summed E-state index contributed by atoms with van der Waals surface area (Å²) in [6.07, 6.45) is 1.76. The third-order valence-electron chi connectivity index (χ3n) is 6.45. The fourth-order valence-corrected chi connectivity index (χ4v) is 5.50. The van der Waals surface area contributed by atoms with Gasteiger partial charge in [-0.2, -0.15) is 5.10 Å². The average molecular weight is 490 g/mol. The van der Waals surface area contributed by atoms with Crippen molar-refractivity contribution < 1.29 is 14.3 Å². The molecule has 2 aromatic heterocycles. The van der Waals surface area contributed by atoms with Gasteiger partial charge in [-0.25, -0.2) is 9.67 Å². The first-order valence-electron chi connectivity index (χ1n) is 11.3. The molecular weight excluding hydrogens is 466 g/mol. The topological polar surface area (TPSA) is 100 Å². The van der Waals surface area contributed by atoms with Crippen LogP contribution in [0.15, 0.2) is 52.5 Å². The molecule has 4 aromatic rings. The largest absolute Gasteiger partial charge is 0.454 e. The van der Waals surface area contributed by atoms with Crippen molar-refractivity contribution in [2.45, 2.75) is 38.0 Å². The average Bonchev–Trinajstić information content (AvgIpc) is 3.58. The Balaban J connectivity index is 1.21. The first-order chi connectivity index (χ1) is 17.0. The van der Waals surface area contributed by atoms with Crippen molar-refractivity contribution in [3.63, 3.8) is 0 Å². The Bertz CT molecular complexity index is 1540. The van der Waals surface area contributed by atoms with E-state index in [0.29, 0.717) is 40.0 Å². The van der Waals surface area contributed by atoms with Crippen LogP contribution in [0.5, 0.6) is 11.5 Å². The normalized spacial score (nSPS) is 16.0. The van der Waals surface area contributed by atoms with Gasteiger partial charge in [0.05, 0.1) is 17.9 Å². The molecule has 9 nitrogen and oxygen atoms in total. The monoisotopic (exact) mass is 489 g/mol. The maximum atomic E-state index is 13.4. The molecule has 0 fully saturated rings. The summed E-state index contributed by atoms with van der Waals surface area (Å²) in [5.74, 6) is 1.88. The zero-order valence-electron chi connectivity index (χ0n) is 19.3. The highest BCUT2D eigenvalue weighted by molar-refractivity contribution is 7.99. The molecule has 0 radical (unpaired) electrons. The van der Waals surface area contributed by atoms with Crippen LogP contribution < -0.4 is 20.3 Å². The van der Waals surface area contributed by atoms with Gasteiger partial charge in [0, 0.05) is 18.7 Å². The summed E-state index contributed by atoms with van der Waals surface area (Å²) in [6, 6.07) is 11.4. The second-order valence-electron chi connectivity index (χ2n) is 8.77. The fraction of sp³-hybridized carbons (Fsp3) is 0.280. The van der Waals surface area contributed by atoms with E-state index in [-0.39, 0.29) is 30.7 Å². The molecule has 6 rings (SSSR count). The maximum Gasteiger partial charge on any atom is 0.265 e. The number of carbonyl (C=O) groups excluding carboxylic acids is 1. The number of rotatable bonds is 5. The number of carbonyl (C=O) groups is 1. The second-order valence-corrected chi connectivity index (χ2v) is 9.75. The van der Waals surface area contributed by atoms with E-state index in [1.54, 1.807) is 15.4 Å². The van der Waals surface area contributed by atoms with Crippen molar-refractivity contribution in [3.05, 3.63) is 69.6 Å². The summed E-state index contributed by atoms with van der Waals surface area (Å²) in [7, 11) is 0. The van der Waals surface area contributed by atoms with Gasteiger partial charge in [0.15, 0.2) is 22.3 Å². The lowest BCUT2D eigenvalue weighted by Crippen LogP contribution is -2.30. The van der Waals surface area contributed by atoms with Gasteiger partial charge in [0.25, 0.3) is 5.56 Å². The molecule has 2 aromatic carbocycles.